The van der Waals surface area contributed by atoms with E-state index in [0.29, 0.717) is 18.3 Å². The molecular weight excluding hydrogens is 448 g/mol. The van der Waals surface area contributed by atoms with Gasteiger partial charge in [0.2, 0.25) is 10.0 Å². The number of aliphatic hydroxyl groups is 1. The zero-order valence-corrected chi connectivity index (χ0v) is 19.7. The van der Waals surface area contributed by atoms with E-state index in [0.717, 1.165) is 37.9 Å². The van der Waals surface area contributed by atoms with Crippen molar-refractivity contribution in [1.29, 1.82) is 0 Å². The van der Waals surface area contributed by atoms with Crippen molar-refractivity contribution in [1.82, 2.24) is 8.87 Å². The molecule has 174 valence electrons. The molecule has 0 fully saturated rings. The number of para-hydroxylation sites is 2. The average Bonchev–Trinajstić information content (AvgIpc) is 3.15. The Bertz CT molecular complexity index is 1470. The van der Waals surface area contributed by atoms with Crippen LogP contribution in [0.5, 0.6) is 0 Å². The highest BCUT2D eigenvalue weighted by Crippen LogP contribution is 2.37. The third kappa shape index (κ3) is 3.66. The lowest BCUT2D eigenvalue weighted by Crippen LogP contribution is -2.53. The maximum Gasteiger partial charge on any atom is 0.212 e. The first kappa shape index (κ1) is 22.5. The normalized spacial score (nSPS) is 18.9. The number of hydrogen-bond donors (Lipinski definition) is 1. The number of aromatic nitrogens is 1. The molecule has 0 saturated carbocycles. The van der Waals surface area contributed by atoms with Gasteiger partial charge in [-0.1, -0.05) is 72.8 Å². The second-order valence-corrected chi connectivity index (χ2v) is 10.7. The van der Waals surface area contributed by atoms with Crippen LogP contribution in [0.3, 0.4) is 0 Å². The van der Waals surface area contributed by atoms with E-state index in [-0.39, 0.29) is 13.1 Å². The van der Waals surface area contributed by atoms with Crippen LogP contribution in [0.15, 0.2) is 84.9 Å². The molecule has 1 aromatic heterocycles. The van der Waals surface area contributed by atoms with Crippen LogP contribution >= 0.6 is 0 Å². The number of allylic oxidation sites excluding steroid dienone is 1. The summed E-state index contributed by atoms with van der Waals surface area (Å²) in [6.07, 6.45) is 4.76. The van der Waals surface area contributed by atoms with Gasteiger partial charge in [-0.3, -0.25) is 0 Å². The lowest BCUT2D eigenvalue weighted by molar-refractivity contribution is -0.114. The van der Waals surface area contributed by atoms with Crippen molar-refractivity contribution in [3.8, 4) is 0 Å². The summed E-state index contributed by atoms with van der Waals surface area (Å²) in [6, 6.07) is 23.2. The van der Waals surface area contributed by atoms with Gasteiger partial charge in [0.25, 0.3) is 0 Å². The summed E-state index contributed by atoms with van der Waals surface area (Å²) in [7, 11) is -3.86. The van der Waals surface area contributed by atoms with E-state index in [1.54, 1.807) is 18.2 Å². The van der Waals surface area contributed by atoms with Gasteiger partial charge in [-0.05, 0) is 29.7 Å². The number of nitrogens with zero attached hydrogens (tertiary/aromatic N) is 2. The molecule has 6 nitrogen and oxygen atoms in total. The van der Waals surface area contributed by atoms with Crippen LogP contribution in [0.4, 0.5) is 0 Å². The number of fused-ring (bicyclic) bond motifs is 4. The zero-order valence-electron chi connectivity index (χ0n) is 18.8. The number of carbonyl (C=O) groups excluding carboxylic acids is 1. The average molecular weight is 475 g/mol. The molecule has 5 rings (SSSR count). The number of aldehydes is 1. The number of hydrogen-bond acceptors (Lipinski definition) is 4. The van der Waals surface area contributed by atoms with Gasteiger partial charge in [0.1, 0.15) is 11.8 Å². The summed E-state index contributed by atoms with van der Waals surface area (Å²) in [6.45, 7) is -0.0442. The largest absolute Gasteiger partial charge is 0.390 e. The summed E-state index contributed by atoms with van der Waals surface area (Å²) in [5.74, 6) is 0. The maximum atomic E-state index is 13.0. The molecule has 2 unspecified atom stereocenters. The number of benzene rings is 3. The van der Waals surface area contributed by atoms with E-state index < -0.39 is 21.7 Å². The number of sulfonamides is 1. The van der Waals surface area contributed by atoms with E-state index in [1.165, 1.54) is 0 Å². The molecule has 7 heteroatoms. The number of aliphatic hydroxyl groups excluding tert-OH is 1. The topological polar surface area (TPSA) is 79.6 Å². The van der Waals surface area contributed by atoms with Crippen molar-refractivity contribution in [2.24, 2.45) is 0 Å². The zero-order chi connectivity index (χ0) is 23.9. The van der Waals surface area contributed by atoms with Crippen molar-refractivity contribution < 1.29 is 18.3 Å². The molecule has 0 spiro atoms. The van der Waals surface area contributed by atoms with E-state index in [2.05, 4.69) is 0 Å². The van der Waals surface area contributed by atoms with Gasteiger partial charge in [0.05, 0.1) is 18.9 Å². The van der Waals surface area contributed by atoms with Crippen LogP contribution in [0.25, 0.3) is 21.8 Å². The van der Waals surface area contributed by atoms with Gasteiger partial charge in [-0.25, -0.2) is 8.42 Å². The fraction of sp³-hybridized carbons (Fsp3) is 0.222. The van der Waals surface area contributed by atoms with Crippen molar-refractivity contribution in [2.75, 3.05) is 12.8 Å². The fourth-order valence-electron chi connectivity index (χ4n) is 5.14. The Labute approximate surface area is 198 Å². The molecule has 34 heavy (non-hydrogen) atoms. The molecule has 0 radical (unpaired) electrons. The molecule has 0 saturated heterocycles. The highest BCUT2D eigenvalue weighted by molar-refractivity contribution is 7.88. The monoisotopic (exact) mass is 474 g/mol. The van der Waals surface area contributed by atoms with Crippen molar-refractivity contribution >= 4 is 38.1 Å². The Morgan fingerprint density at radius 1 is 1.00 bits per heavy atom. The molecule has 1 aliphatic carbocycles. The minimum absolute atomic E-state index is 0.181. The van der Waals surface area contributed by atoms with Crippen LogP contribution in [0.1, 0.15) is 11.1 Å². The van der Waals surface area contributed by atoms with Gasteiger partial charge >= 0.3 is 0 Å². The molecule has 1 heterocycles. The first-order chi connectivity index (χ1) is 16.3. The minimum atomic E-state index is -3.86. The highest BCUT2D eigenvalue weighted by atomic mass is 32.2. The molecule has 0 amide bonds. The fourth-order valence-corrected chi connectivity index (χ4v) is 6.34. The first-order valence-corrected chi connectivity index (χ1v) is 13.0. The van der Waals surface area contributed by atoms with Crippen LogP contribution in [0, 0.1) is 0 Å². The molecule has 0 aliphatic heterocycles. The smallest absolute Gasteiger partial charge is 0.212 e. The van der Waals surface area contributed by atoms with Gasteiger partial charge in [-0.2, -0.15) is 4.31 Å². The van der Waals surface area contributed by atoms with Gasteiger partial charge in [0.15, 0.2) is 0 Å². The van der Waals surface area contributed by atoms with E-state index in [9.17, 15) is 18.3 Å². The predicted octanol–water partition coefficient (Wildman–Crippen LogP) is 3.62. The summed E-state index contributed by atoms with van der Waals surface area (Å²) in [4.78, 5) is 12.5. The summed E-state index contributed by atoms with van der Waals surface area (Å²) < 4.78 is 29.1. The second-order valence-electron chi connectivity index (χ2n) is 8.80. The van der Waals surface area contributed by atoms with Crippen molar-refractivity contribution in [3.05, 3.63) is 96.1 Å². The third-order valence-corrected chi connectivity index (χ3v) is 7.85. The quantitative estimate of drug-likeness (QED) is 0.328. The Morgan fingerprint density at radius 3 is 2.21 bits per heavy atom. The Hall–Kier alpha value is -3.26. The van der Waals surface area contributed by atoms with Gasteiger partial charge < -0.3 is 14.5 Å². The second kappa shape index (κ2) is 8.51. The van der Waals surface area contributed by atoms with Crippen LogP contribution in [-0.2, 0) is 33.3 Å². The maximum absolute atomic E-state index is 13.0. The molecule has 1 N–H and O–H groups in total. The number of carbonyl (C=O) groups is 1. The van der Waals surface area contributed by atoms with Crippen LogP contribution in [-0.4, -0.2) is 47.6 Å². The molecule has 2 atom stereocenters. The first-order valence-electron chi connectivity index (χ1n) is 11.2. The van der Waals surface area contributed by atoms with Gasteiger partial charge in [0, 0.05) is 28.4 Å². The molecule has 0 bridgehead atoms. The molecular formula is C27H26N2O4S. The van der Waals surface area contributed by atoms with E-state index in [4.69, 9.17) is 0 Å². The van der Waals surface area contributed by atoms with E-state index >= 15 is 0 Å². The Kier molecular flexibility index (Phi) is 5.64. The Balaban J connectivity index is 1.55. The van der Waals surface area contributed by atoms with Gasteiger partial charge in [-0.15, -0.1) is 0 Å². The van der Waals surface area contributed by atoms with Crippen LogP contribution in [0.2, 0.25) is 0 Å². The summed E-state index contributed by atoms with van der Waals surface area (Å²) >= 11 is 0. The summed E-state index contributed by atoms with van der Waals surface area (Å²) in [5.41, 5.74) is 1.94. The molecule has 1 aliphatic rings. The lowest BCUT2D eigenvalue weighted by atomic mass is 9.82. The lowest BCUT2D eigenvalue weighted by Gasteiger charge is -2.40. The van der Waals surface area contributed by atoms with Crippen molar-refractivity contribution in [3.63, 3.8) is 0 Å². The molecule has 3 aromatic carbocycles. The standard InChI is InChI=1S/C27H26N2O4S/c1-34(32,33)29(27(19-30)16-8-10-20-9-2-5-13-24(20)27)18-21(31)17-28-25-14-6-3-11-22(25)23-12-4-7-15-26(23)28/h2-9,11-16,19,21,31H,10,17-18H2,1H3. The SMILES string of the molecule is CS(=O)(=O)N(CC(O)Cn1c2ccccc2c2ccccc21)C1(C=O)C=CCc2ccccc21. The number of rotatable bonds is 7. The minimum Gasteiger partial charge on any atom is -0.390 e. The predicted molar refractivity (Wildman–Crippen MR) is 134 cm³/mol. The summed E-state index contributed by atoms with van der Waals surface area (Å²) in [5, 5.41) is 13.3. The van der Waals surface area contributed by atoms with Crippen LogP contribution < -0.4 is 0 Å². The third-order valence-electron chi connectivity index (χ3n) is 6.60. The van der Waals surface area contributed by atoms with Crippen molar-refractivity contribution in [2.45, 2.75) is 24.6 Å². The molecule has 4 aromatic rings. The van der Waals surface area contributed by atoms with E-state index in [1.807, 2.05) is 71.3 Å². The highest BCUT2D eigenvalue weighted by Gasteiger charge is 2.44. The Morgan fingerprint density at radius 2 is 1.59 bits per heavy atom.